The van der Waals surface area contributed by atoms with Crippen LogP contribution in [0.5, 0.6) is 0 Å². The first-order chi connectivity index (χ1) is 8.79. The summed E-state index contributed by atoms with van der Waals surface area (Å²) in [7, 11) is 1.38. The van der Waals surface area contributed by atoms with E-state index in [0.717, 1.165) is 16.9 Å². The summed E-state index contributed by atoms with van der Waals surface area (Å²) >= 11 is 0. The monoisotopic (exact) mass is 244 g/mol. The van der Waals surface area contributed by atoms with Crippen LogP contribution in [0.25, 0.3) is 5.69 Å². The molecule has 3 rings (SSSR count). The molecular formula is C12H12N4O2. The molecule has 1 aromatic carbocycles. The highest BCUT2D eigenvalue weighted by Crippen LogP contribution is 2.23. The van der Waals surface area contributed by atoms with Gasteiger partial charge in [-0.1, -0.05) is 23.4 Å². The molecule has 1 aliphatic heterocycles. The van der Waals surface area contributed by atoms with Gasteiger partial charge in [-0.3, -0.25) is 4.90 Å². The summed E-state index contributed by atoms with van der Waals surface area (Å²) in [5, 5.41) is 7.96. The molecule has 0 atom stereocenters. The Morgan fingerprint density at radius 2 is 2.17 bits per heavy atom. The van der Waals surface area contributed by atoms with Crippen molar-refractivity contribution in [1.82, 2.24) is 19.9 Å². The smallest absolute Gasteiger partial charge is 0.410 e. The van der Waals surface area contributed by atoms with Crippen LogP contribution in [-0.4, -0.2) is 33.1 Å². The zero-order chi connectivity index (χ0) is 12.5. The van der Waals surface area contributed by atoms with Crippen molar-refractivity contribution in [2.75, 3.05) is 7.11 Å². The maximum absolute atomic E-state index is 11.7. The lowest BCUT2D eigenvalue weighted by Gasteiger charge is -2.18. The zero-order valence-corrected chi connectivity index (χ0v) is 9.91. The van der Waals surface area contributed by atoms with Crippen LogP contribution >= 0.6 is 0 Å². The first-order valence-electron chi connectivity index (χ1n) is 5.60. The molecule has 1 aliphatic rings. The van der Waals surface area contributed by atoms with E-state index in [1.807, 2.05) is 24.3 Å². The summed E-state index contributed by atoms with van der Waals surface area (Å²) < 4.78 is 6.55. The van der Waals surface area contributed by atoms with Gasteiger partial charge in [0.05, 0.1) is 37.8 Å². The molecule has 1 amide bonds. The number of hydrogen-bond donors (Lipinski definition) is 0. The molecule has 0 saturated heterocycles. The van der Waals surface area contributed by atoms with E-state index in [9.17, 15) is 4.79 Å². The molecule has 18 heavy (non-hydrogen) atoms. The average Bonchev–Trinajstić information content (AvgIpc) is 2.80. The van der Waals surface area contributed by atoms with E-state index >= 15 is 0 Å². The lowest BCUT2D eigenvalue weighted by molar-refractivity contribution is 0.118. The van der Waals surface area contributed by atoms with Crippen LogP contribution in [0.4, 0.5) is 4.79 Å². The summed E-state index contributed by atoms with van der Waals surface area (Å²) in [4.78, 5) is 13.3. The van der Waals surface area contributed by atoms with Gasteiger partial charge in [-0.2, -0.15) is 0 Å². The van der Waals surface area contributed by atoms with Crippen molar-refractivity contribution >= 4 is 6.09 Å². The van der Waals surface area contributed by atoms with Crippen LogP contribution in [-0.2, 0) is 17.8 Å². The van der Waals surface area contributed by atoms with E-state index in [-0.39, 0.29) is 6.09 Å². The number of nitrogens with zero attached hydrogens (tertiary/aromatic N) is 4. The van der Waals surface area contributed by atoms with Crippen LogP contribution in [0.1, 0.15) is 11.3 Å². The van der Waals surface area contributed by atoms with E-state index in [2.05, 4.69) is 10.3 Å². The molecule has 2 heterocycles. The molecule has 6 heteroatoms. The van der Waals surface area contributed by atoms with Crippen LogP contribution < -0.4 is 0 Å². The molecule has 0 fully saturated rings. The Hall–Kier alpha value is -2.37. The van der Waals surface area contributed by atoms with Crippen molar-refractivity contribution in [3.8, 4) is 5.69 Å². The Morgan fingerprint density at radius 1 is 1.33 bits per heavy atom. The Balaban J connectivity index is 2.12. The molecule has 0 N–H and O–H groups in total. The third-order valence-electron chi connectivity index (χ3n) is 2.99. The molecule has 0 aliphatic carbocycles. The summed E-state index contributed by atoms with van der Waals surface area (Å²) in [5.41, 5.74) is 2.84. The van der Waals surface area contributed by atoms with Crippen LogP contribution in [0.2, 0.25) is 0 Å². The van der Waals surface area contributed by atoms with E-state index in [4.69, 9.17) is 4.74 Å². The number of carbonyl (C=O) groups is 1. The number of fused-ring (bicyclic) bond motifs is 3. The van der Waals surface area contributed by atoms with E-state index in [1.165, 1.54) is 7.11 Å². The number of rotatable bonds is 0. The van der Waals surface area contributed by atoms with Gasteiger partial charge < -0.3 is 4.74 Å². The number of amides is 1. The second-order valence-corrected chi connectivity index (χ2v) is 4.09. The van der Waals surface area contributed by atoms with E-state index < -0.39 is 0 Å². The number of para-hydroxylation sites is 1. The predicted octanol–water partition coefficient (Wildman–Crippen LogP) is 1.35. The third-order valence-corrected chi connectivity index (χ3v) is 2.99. The molecular weight excluding hydrogens is 232 g/mol. The van der Waals surface area contributed by atoms with Gasteiger partial charge in [-0.25, -0.2) is 9.48 Å². The number of ether oxygens (including phenoxy) is 1. The summed E-state index contributed by atoms with van der Waals surface area (Å²) in [6.45, 7) is 0.945. The number of carbonyl (C=O) groups excluding carboxylic acids is 1. The quantitative estimate of drug-likeness (QED) is 0.701. The molecule has 92 valence electrons. The van der Waals surface area contributed by atoms with Gasteiger partial charge in [0.15, 0.2) is 0 Å². The normalized spacial score (nSPS) is 13.5. The Kier molecular flexibility index (Phi) is 2.47. The lowest BCUT2D eigenvalue weighted by Crippen LogP contribution is -2.29. The number of hydrogen-bond acceptors (Lipinski definition) is 4. The highest BCUT2D eigenvalue weighted by molar-refractivity contribution is 5.68. The fourth-order valence-corrected chi connectivity index (χ4v) is 2.13. The first-order valence-corrected chi connectivity index (χ1v) is 5.60. The van der Waals surface area contributed by atoms with Gasteiger partial charge in [0.25, 0.3) is 0 Å². The van der Waals surface area contributed by atoms with Gasteiger partial charge in [-0.05, 0) is 11.6 Å². The summed E-state index contributed by atoms with van der Waals surface area (Å²) in [6.07, 6.45) is 1.32. The van der Waals surface area contributed by atoms with Crippen LogP contribution in [0.3, 0.4) is 0 Å². The second-order valence-electron chi connectivity index (χ2n) is 4.09. The Labute approximate surface area is 104 Å². The highest BCUT2D eigenvalue weighted by Gasteiger charge is 2.23. The van der Waals surface area contributed by atoms with Crippen molar-refractivity contribution < 1.29 is 9.53 Å². The molecule has 0 unspecified atom stereocenters. The molecule has 0 radical (unpaired) electrons. The van der Waals surface area contributed by atoms with E-state index in [0.29, 0.717) is 13.1 Å². The fraction of sp³-hybridized carbons (Fsp3) is 0.250. The lowest BCUT2D eigenvalue weighted by atomic mass is 10.2. The van der Waals surface area contributed by atoms with Gasteiger partial charge in [-0.15, -0.1) is 5.10 Å². The first kappa shape index (κ1) is 10.8. The largest absolute Gasteiger partial charge is 0.453 e. The van der Waals surface area contributed by atoms with Crippen molar-refractivity contribution in [2.24, 2.45) is 0 Å². The maximum Gasteiger partial charge on any atom is 0.410 e. The summed E-state index contributed by atoms with van der Waals surface area (Å²) in [5.74, 6) is 0. The number of aromatic nitrogens is 3. The van der Waals surface area contributed by atoms with Crippen LogP contribution in [0.15, 0.2) is 30.5 Å². The van der Waals surface area contributed by atoms with Crippen molar-refractivity contribution in [3.63, 3.8) is 0 Å². The average molecular weight is 244 g/mol. The molecule has 0 bridgehead atoms. The van der Waals surface area contributed by atoms with Crippen LogP contribution in [0, 0.1) is 0 Å². The Morgan fingerprint density at radius 3 is 3.00 bits per heavy atom. The maximum atomic E-state index is 11.7. The SMILES string of the molecule is COC(=O)N1Cc2ccccc2-n2nncc2C1. The summed E-state index contributed by atoms with van der Waals surface area (Å²) in [6, 6.07) is 7.82. The van der Waals surface area contributed by atoms with Gasteiger partial charge >= 0.3 is 6.09 Å². The van der Waals surface area contributed by atoms with Crippen molar-refractivity contribution in [1.29, 1.82) is 0 Å². The molecule has 0 saturated carbocycles. The molecule has 1 aromatic heterocycles. The van der Waals surface area contributed by atoms with Gasteiger partial charge in [0, 0.05) is 0 Å². The zero-order valence-electron chi connectivity index (χ0n) is 9.91. The van der Waals surface area contributed by atoms with Crippen molar-refractivity contribution in [3.05, 3.63) is 41.7 Å². The second kappa shape index (κ2) is 4.14. The van der Waals surface area contributed by atoms with Gasteiger partial charge in [0.1, 0.15) is 0 Å². The molecule has 6 nitrogen and oxygen atoms in total. The Bertz CT molecular complexity index is 593. The molecule has 2 aromatic rings. The van der Waals surface area contributed by atoms with Gasteiger partial charge in [0.2, 0.25) is 0 Å². The predicted molar refractivity (Wildman–Crippen MR) is 63.0 cm³/mol. The topological polar surface area (TPSA) is 60.2 Å². The minimum atomic E-state index is -0.348. The third kappa shape index (κ3) is 1.62. The number of benzene rings is 1. The highest BCUT2D eigenvalue weighted by atomic mass is 16.5. The minimum absolute atomic E-state index is 0.348. The van der Waals surface area contributed by atoms with E-state index in [1.54, 1.807) is 15.8 Å². The molecule has 0 spiro atoms. The standard InChI is InChI=1S/C12H12N4O2/c1-18-12(17)15-7-9-4-2-3-5-11(9)16-10(8-15)6-13-14-16/h2-6H,7-8H2,1H3. The fourth-order valence-electron chi connectivity index (χ4n) is 2.13. The minimum Gasteiger partial charge on any atom is -0.453 e. The van der Waals surface area contributed by atoms with Crippen molar-refractivity contribution in [2.45, 2.75) is 13.1 Å². The number of methoxy groups -OCH3 is 1.